The summed E-state index contributed by atoms with van der Waals surface area (Å²) >= 11 is 0. The molecule has 28 heavy (non-hydrogen) atoms. The van der Waals surface area contributed by atoms with E-state index < -0.39 is 34.6 Å². The molecule has 0 amide bonds. The monoisotopic (exact) mass is 384 g/mol. The van der Waals surface area contributed by atoms with Crippen molar-refractivity contribution < 1.29 is 28.6 Å². The van der Waals surface area contributed by atoms with Gasteiger partial charge in [0, 0.05) is 0 Å². The van der Waals surface area contributed by atoms with Crippen molar-refractivity contribution in [3.63, 3.8) is 0 Å². The van der Waals surface area contributed by atoms with E-state index in [0.717, 1.165) is 18.2 Å². The number of carbonyl (C=O) groups excluding carboxylic acids is 3. The Balaban J connectivity index is 6.43. The first-order chi connectivity index (χ1) is 13.4. The van der Waals surface area contributed by atoms with E-state index in [1.54, 1.807) is 38.8 Å². The van der Waals surface area contributed by atoms with Crippen LogP contribution in [0.1, 0.15) is 20.8 Å². The molecule has 0 fully saturated rings. The number of nitriles is 2. The predicted octanol–water partition coefficient (Wildman–Crippen LogP) is 1.67. The summed E-state index contributed by atoms with van der Waals surface area (Å²) in [6, 6.07) is 3.23. The molecule has 0 spiro atoms. The van der Waals surface area contributed by atoms with Gasteiger partial charge >= 0.3 is 17.9 Å². The number of carbonyl (C=O) groups is 3. The highest BCUT2D eigenvalue weighted by molar-refractivity contribution is 6.02. The molecule has 0 radical (unpaired) electrons. The number of hydrogen-bond donors (Lipinski definition) is 0. The molecule has 0 aliphatic rings. The van der Waals surface area contributed by atoms with Crippen molar-refractivity contribution in [2.75, 3.05) is 19.8 Å². The van der Waals surface area contributed by atoms with Crippen LogP contribution in [0.5, 0.6) is 0 Å². The summed E-state index contributed by atoms with van der Waals surface area (Å²) in [5.74, 6) is -1.23. The highest BCUT2D eigenvalue weighted by Gasteiger charge is 2.15. The molecule has 0 aliphatic carbocycles. The third-order valence-corrected chi connectivity index (χ3v) is 2.78. The van der Waals surface area contributed by atoms with Gasteiger partial charge < -0.3 is 19.6 Å². The first-order valence-corrected chi connectivity index (χ1v) is 8.11. The largest absolute Gasteiger partial charge is 0.763 e. The topological polar surface area (TPSA) is 149 Å². The number of hydrogen-bond acceptors (Lipinski definition) is 8. The number of allylic oxidation sites excluding steroid dienone is 3. The number of esters is 3. The van der Waals surface area contributed by atoms with Crippen LogP contribution < -0.4 is 0 Å². The average Bonchev–Trinajstić information content (AvgIpc) is 2.67. The molecule has 0 aromatic rings. The van der Waals surface area contributed by atoms with Gasteiger partial charge in [-0.15, -0.1) is 0 Å². The van der Waals surface area contributed by atoms with E-state index in [1.165, 1.54) is 0 Å². The van der Waals surface area contributed by atoms with Crippen molar-refractivity contribution >= 4 is 23.8 Å². The molecule has 0 saturated carbocycles. The van der Waals surface area contributed by atoms with Crippen molar-refractivity contribution in [3.05, 3.63) is 45.9 Å². The third-order valence-electron chi connectivity index (χ3n) is 2.78. The normalized spacial score (nSPS) is 11.4. The van der Waals surface area contributed by atoms with Crippen molar-refractivity contribution in [1.29, 1.82) is 10.5 Å². The van der Waals surface area contributed by atoms with Gasteiger partial charge in [-0.3, -0.25) is 5.87 Å². The molecule has 9 nitrogen and oxygen atoms in total. The van der Waals surface area contributed by atoms with Crippen LogP contribution in [-0.2, 0) is 28.6 Å². The van der Waals surface area contributed by atoms with Gasteiger partial charge in [-0.2, -0.15) is 10.5 Å². The lowest BCUT2D eigenvalue weighted by Crippen LogP contribution is -2.09. The minimum Gasteiger partial charge on any atom is -0.763 e. The summed E-state index contributed by atoms with van der Waals surface area (Å²) in [6.45, 7) is 4.66. The standard InChI is InChI=1S/C19H18N3O6/c1-4-26-17(23)14(10-20)7-13(8-15(11-21)18(24)27-5-2)9-16(12-22)19(25)28-6-3/h7-9H,4-6H2,1-3H3/q-1/b13-7?,15-8-,16-9+. The minimum absolute atomic E-state index is 0.0113. The van der Waals surface area contributed by atoms with Gasteiger partial charge in [0.2, 0.25) is 0 Å². The van der Waals surface area contributed by atoms with E-state index in [1.807, 2.05) is 0 Å². The summed E-state index contributed by atoms with van der Waals surface area (Å²) in [5, 5.41) is 27.5. The third kappa shape index (κ3) is 7.96. The van der Waals surface area contributed by atoms with E-state index in [0.29, 0.717) is 0 Å². The molecule has 146 valence electrons. The molecule has 0 rings (SSSR count). The molecule has 0 aromatic heterocycles. The van der Waals surface area contributed by atoms with Crippen molar-refractivity contribution in [3.8, 4) is 12.1 Å². The van der Waals surface area contributed by atoms with Crippen LogP contribution in [0.4, 0.5) is 0 Å². The lowest BCUT2D eigenvalue weighted by molar-refractivity contribution is -0.138. The zero-order chi connectivity index (χ0) is 21.5. The van der Waals surface area contributed by atoms with Crippen LogP contribution in [-0.4, -0.2) is 43.6 Å². The van der Waals surface area contributed by atoms with Gasteiger partial charge in [-0.25, -0.2) is 14.4 Å². The fraction of sp³-hybridized carbons (Fsp3) is 0.316. The molecule has 0 unspecified atom stereocenters. The van der Waals surface area contributed by atoms with E-state index in [-0.39, 0.29) is 25.4 Å². The smallest absolute Gasteiger partial charge is 0.348 e. The van der Waals surface area contributed by atoms with Crippen LogP contribution in [0.15, 0.2) is 40.5 Å². The maximum absolute atomic E-state index is 11.8. The van der Waals surface area contributed by atoms with E-state index in [9.17, 15) is 14.4 Å². The van der Waals surface area contributed by atoms with Crippen molar-refractivity contribution in [2.24, 2.45) is 0 Å². The van der Waals surface area contributed by atoms with Gasteiger partial charge in [0.15, 0.2) is 0 Å². The van der Waals surface area contributed by atoms with Crippen molar-refractivity contribution in [1.82, 2.24) is 0 Å². The fourth-order valence-corrected chi connectivity index (χ4v) is 1.66. The Morgan fingerprint density at radius 2 is 1.18 bits per heavy atom. The Morgan fingerprint density at radius 1 is 0.786 bits per heavy atom. The lowest BCUT2D eigenvalue weighted by atomic mass is 10.1. The molecule has 0 aromatic carbocycles. The predicted molar refractivity (Wildman–Crippen MR) is 97.3 cm³/mol. The first kappa shape index (κ1) is 24.1. The summed E-state index contributed by atoms with van der Waals surface area (Å²) in [4.78, 5) is 35.4. The highest BCUT2D eigenvalue weighted by Crippen LogP contribution is 2.13. The molecule has 0 bridgehead atoms. The first-order valence-electron chi connectivity index (χ1n) is 8.11. The van der Waals surface area contributed by atoms with Crippen molar-refractivity contribution in [2.45, 2.75) is 20.8 Å². The average molecular weight is 384 g/mol. The Labute approximate surface area is 162 Å². The molecule has 0 N–H and O–H groups in total. The summed E-state index contributed by atoms with van der Waals surface area (Å²) < 4.78 is 14.2. The minimum atomic E-state index is -0.950. The maximum Gasteiger partial charge on any atom is 0.348 e. The second kappa shape index (κ2) is 13.3. The van der Waals surface area contributed by atoms with E-state index in [4.69, 9.17) is 30.1 Å². The second-order valence-corrected chi connectivity index (χ2v) is 4.67. The fourth-order valence-electron chi connectivity index (χ4n) is 1.66. The van der Waals surface area contributed by atoms with Crippen LogP contribution in [0.3, 0.4) is 0 Å². The lowest BCUT2D eigenvalue weighted by Gasteiger charge is -2.05. The molecule has 0 atom stereocenters. The summed E-state index contributed by atoms with van der Waals surface area (Å²) in [7, 11) is 0. The summed E-state index contributed by atoms with van der Waals surface area (Å²) in [5.41, 5.74) is -1.52. The molecule has 0 heterocycles. The second-order valence-electron chi connectivity index (χ2n) is 4.67. The Morgan fingerprint density at radius 3 is 1.50 bits per heavy atom. The Hall–Kier alpha value is -3.94. The maximum atomic E-state index is 11.8. The van der Waals surface area contributed by atoms with Crippen LogP contribution >= 0.6 is 0 Å². The van der Waals surface area contributed by atoms with Gasteiger partial charge in [0.25, 0.3) is 0 Å². The SMILES string of the molecule is CCOC(=O)C(=C=[N-])C=C(/C=C(/C#N)C(=O)OCC)/C=C(\C#N)C(=O)OCC. The number of ether oxygens (including phenoxy) is 3. The Bertz CT molecular complexity index is 798. The van der Waals surface area contributed by atoms with Gasteiger partial charge in [0.1, 0.15) is 23.3 Å². The van der Waals surface area contributed by atoms with E-state index in [2.05, 4.69) is 0 Å². The number of rotatable bonds is 9. The quantitative estimate of drug-likeness (QED) is 0.145. The Kier molecular flexibility index (Phi) is 11.4. The molecule has 9 heteroatoms. The number of nitrogens with zero attached hydrogens (tertiary/aromatic N) is 3. The molecule has 0 saturated heterocycles. The van der Waals surface area contributed by atoms with Gasteiger partial charge in [-0.1, -0.05) is 0 Å². The van der Waals surface area contributed by atoms with Gasteiger partial charge in [0.05, 0.1) is 25.4 Å². The van der Waals surface area contributed by atoms with Crippen LogP contribution in [0.2, 0.25) is 0 Å². The molecular weight excluding hydrogens is 366 g/mol. The van der Waals surface area contributed by atoms with Crippen LogP contribution in [0, 0.1) is 22.7 Å². The van der Waals surface area contributed by atoms with Crippen LogP contribution in [0.25, 0.3) is 5.41 Å². The molecular formula is C19H18N3O6-. The zero-order valence-electron chi connectivity index (χ0n) is 15.6. The van der Waals surface area contributed by atoms with E-state index >= 15 is 0 Å². The molecule has 0 aliphatic heterocycles. The highest BCUT2D eigenvalue weighted by atomic mass is 16.5. The summed E-state index contributed by atoms with van der Waals surface area (Å²) in [6.07, 6.45) is 2.93. The van der Waals surface area contributed by atoms with Gasteiger partial charge in [-0.05, 0) is 44.6 Å². The zero-order valence-corrected chi connectivity index (χ0v) is 15.6.